The van der Waals surface area contributed by atoms with Crippen LogP contribution in [0.3, 0.4) is 0 Å². The molecule has 0 saturated heterocycles. The molecule has 0 N–H and O–H groups in total. The lowest BCUT2D eigenvalue weighted by atomic mass is 9.92. The second-order valence-electron chi connectivity index (χ2n) is 7.71. The Morgan fingerprint density at radius 2 is 1.63 bits per heavy atom. The summed E-state index contributed by atoms with van der Waals surface area (Å²) in [4.78, 5) is 0.117. The summed E-state index contributed by atoms with van der Waals surface area (Å²) in [6.45, 7) is 9.01. The van der Waals surface area contributed by atoms with Gasteiger partial charge in [0.05, 0.1) is 10.6 Å². The molecule has 2 aromatic heterocycles. The minimum absolute atomic E-state index is 0.0406. The molecule has 7 nitrogen and oxygen atoms in total. The van der Waals surface area contributed by atoms with E-state index in [1.165, 1.54) is 38.1 Å². The molecule has 0 fully saturated rings. The van der Waals surface area contributed by atoms with Crippen molar-refractivity contribution in [3.8, 4) is 11.7 Å². The molecule has 0 unspecified atom stereocenters. The molecule has 27 heavy (non-hydrogen) atoms. The lowest BCUT2D eigenvalue weighted by Crippen LogP contribution is -2.29. The van der Waals surface area contributed by atoms with Gasteiger partial charge in [-0.15, -0.1) is 10.2 Å². The van der Waals surface area contributed by atoms with Crippen LogP contribution in [0.5, 0.6) is 0 Å². The lowest BCUT2D eigenvalue weighted by molar-refractivity contribution is 0.382. The van der Waals surface area contributed by atoms with Crippen LogP contribution in [-0.4, -0.2) is 23.8 Å². The number of benzene rings is 1. The summed E-state index contributed by atoms with van der Waals surface area (Å²) in [7, 11) is -3.80. The molecule has 9 heteroatoms. The minimum atomic E-state index is -3.80. The van der Waals surface area contributed by atoms with Crippen molar-refractivity contribution in [2.45, 2.75) is 49.7 Å². The number of aromatic nitrogens is 3. The molecule has 3 rings (SSSR count). The van der Waals surface area contributed by atoms with Gasteiger partial charge in [0, 0.05) is 16.5 Å². The smallest absolute Gasteiger partial charge is 0.286 e. The van der Waals surface area contributed by atoms with E-state index in [9.17, 15) is 8.42 Å². The molecule has 2 heterocycles. The molecule has 0 atom stereocenters. The van der Waals surface area contributed by atoms with E-state index in [0.717, 1.165) is 5.69 Å². The molecule has 1 aromatic carbocycles. The Bertz CT molecular complexity index is 1060. The Kier molecular flexibility index (Phi) is 4.68. The van der Waals surface area contributed by atoms with Crippen molar-refractivity contribution in [2.75, 3.05) is 0 Å². The van der Waals surface area contributed by atoms with Crippen LogP contribution in [0, 0.1) is 0 Å². The number of hydrogen-bond donors (Lipinski definition) is 0. The predicted octanol–water partition coefficient (Wildman–Crippen LogP) is 4.38. The highest BCUT2D eigenvalue weighted by molar-refractivity contribution is 7.92. The van der Waals surface area contributed by atoms with Gasteiger partial charge in [0.1, 0.15) is 4.75 Å². The average Bonchev–Trinajstić information content (AvgIpc) is 3.24. The Balaban J connectivity index is 1.97. The molecular weight excluding hydrogens is 390 g/mol. The van der Waals surface area contributed by atoms with Crippen LogP contribution in [0.2, 0.25) is 5.02 Å². The molecule has 144 valence electrons. The third-order valence-electron chi connectivity index (χ3n) is 4.23. The highest BCUT2D eigenvalue weighted by Crippen LogP contribution is 2.36. The van der Waals surface area contributed by atoms with Crippen molar-refractivity contribution < 1.29 is 17.4 Å². The van der Waals surface area contributed by atoms with Crippen molar-refractivity contribution >= 4 is 21.4 Å². The van der Waals surface area contributed by atoms with Gasteiger partial charge in [-0.05, 0) is 38.1 Å². The fraction of sp³-hybridized carbons (Fsp3) is 0.389. The maximum atomic E-state index is 13.0. The largest absolute Gasteiger partial charge is 0.416 e. The van der Waals surface area contributed by atoms with Gasteiger partial charge in [-0.1, -0.05) is 37.5 Å². The summed E-state index contributed by atoms with van der Waals surface area (Å²) in [6.07, 6.45) is 0. The highest BCUT2D eigenvalue weighted by Gasteiger charge is 2.42. The van der Waals surface area contributed by atoms with Gasteiger partial charge in [-0.2, -0.15) is 0 Å². The molecule has 0 aliphatic heterocycles. The van der Waals surface area contributed by atoms with Crippen LogP contribution in [0.1, 0.15) is 46.2 Å². The zero-order valence-corrected chi connectivity index (χ0v) is 17.2. The third-order valence-corrected chi connectivity index (χ3v) is 6.89. The average molecular weight is 410 g/mol. The summed E-state index contributed by atoms with van der Waals surface area (Å²) in [5.41, 5.74) is 0.521. The fourth-order valence-electron chi connectivity index (χ4n) is 2.32. The topological polar surface area (TPSA) is 99.1 Å². The molecule has 0 radical (unpaired) electrons. The monoisotopic (exact) mass is 409 g/mol. The van der Waals surface area contributed by atoms with Gasteiger partial charge >= 0.3 is 0 Å². The number of hydrogen-bond acceptors (Lipinski definition) is 7. The predicted molar refractivity (Wildman–Crippen MR) is 100 cm³/mol. The van der Waals surface area contributed by atoms with Gasteiger partial charge in [0.25, 0.3) is 5.89 Å². The van der Waals surface area contributed by atoms with Gasteiger partial charge in [-0.3, -0.25) is 0 Å². The van der Waals surface area contributed by atoms with Crippen LogP contribution in [0.25, 0.3) is 11.7 Å². The standard InChI is InChI=1S/C18H20ClN3O4S/c1-17(2,3)14-10-13(26-22-14)15-20-21-16(25-15)18(4,5)27(23,24)12-8-6-11(19)7-9-12/h6-10H,1-5H3. The summed E-state index contributed by atoms with van der Waals surface area (Å²) in [5.74, 6) is 0.326. The van der Waals surface area contributed by atoms with Crippen molar-refractivity contribution in [2.24, 2.45) is 0 Å². The molecular formula is C18H20ClN3O4S. The van der Waals surface area contributed by atoms with E-state index in [-0.39, 0.29) is 22.1 Å². The Morgan fingerprint density at radius 3 is 2.19 bits per heavy atom. The number of sulfone groups is 1. The van der Waals surface area contributed by atoms with E-state index in [4.69, 9.17) is 20.5 Å². The summed E-state index contributed by atoms with van der Waals surface area (Å²) in [5, 5.41) is 12.3. The molecule has 0 saturated carbocycles. The molecule has 0 bridgehead atoms. The molecule has 0 spiro atoms. The number of nitrogens with zero attached hydrogens (tertiary/aromatic N) is 3. The third kappa shape index (κ3) is 3.51. The van der Waals surface area contributed by atoms with Crippen LogP contribution >= 0.6 is 11.6 Å². The quantitative estimate of drug-likeness (QED) is 0.630. The maximum absolute atomic E-state index is 13.0. The first-order valence-electron chi connectivity index (χ1n) is 8.25. The Hall–Kier alpha value is -2.19. The van der Waals surface area contributed by atoms with Gasteiger partial charge in [0.2, 0.25) is 11.7 Å². The minimum Gasteiger partial charge on any atom is -0.416 e. The molecule has 3 aromatic rings. The van der Waals surface area contributed by atoms with Crippen LogP contribution in [0.4, 0.5) is 0 Å². The van der Waals surface area contributed by atoms with E-state index in [1.54, 1.807) is 6.07 Å². The van der Waals surface area contributed by atoms with E-state index < -0.39 is 14.6 Å². The highest BCUT2D eigenvalue weighted by atomic mass is 35.5. The van der Waals surface area contributed by atoms with Gasteiger partial charge < -0.3 is 8.94 Å². The maximum Gasteiger partial charge on any atom is 0.286 e. The zero-order valence-electron chi connectivity index (χ0n) is 15.6. The summed E-state index contributed by atoms with van der Waals surface area (Å²) < 4.78 is 35.5. The zero-order chi connectivity index (χ0) is 20.0. The number of halogens is 1. The first kappa shape index (κ1) is 19.6. The summed E-state index contributed by atoms with van der Waals surface area (Å²) >= 11 is 5.85. The Labute approximate surface area is 162 Å². The van der Waals surface area contributed by atoms with Crippen molar-refractivity contribution in [3.63, 3.8) is 0 Å². The van der Waals surface area contributed by atoms with Crippen LogP contribution < -0.4 is 0 Å². The molecule has 0 aliphatic carbocycles. The van der Waals surface area contributed by atoms with E-state index in [2.05, 4.69) is 15.4 Å². The second-order valence-corrected chi connectivity index (χ2v) is 10.6. The van der Waals surface area contributed by atoms with Crippen LogP contribution in [-0.2, 0) is 20.0 Å². The van der Waals surface area contributed by atoms with E-state index in [0.29, 0.717) is 10.8 Å². The molecule has 0 aliphatic rings. The summed E-state index contributed by atoms with van der Waals surface area (Å²) in [6, 6.07) is 7.64. The van der Waals surface area contributed by atoms with E-state index >= 15 is 0 Å². The van der Waals surface area contributed by atoms with Crippen molar-refractivity contribution in [1.29, 1.82) is 0 Å². The van der Waals surface area contributed by atoms with Gasteiger partial charge in [-0.25, -0.2) is 8.42 Å². The van der Waals surface area contributed by atoms with Crippen molar-refractivity contribution in [1.82, 2.24) is 15.4 Å². The van der Waals surface area contributed by atoms with E-state index in [1.807, 2.05) is 20.8 Å². The van der Waals surface area contributed by atoms with Crippen molar-refractivity contribution in [3.05, 3.63) is 46.9 Å². The first-order chi connectivity index (χ1) is 12.4. The fourth-order valence-corrected chi connectivity index (χ4v) is 3.84. The SMILES string of the molecule is CC(C)(C)c1cc(-c2nnc(C(C)(C)S(=O)(=O)c3ccc(Cl)cc3)o2)on1. The number of rotatable bonds is 4. The second kappa shape index (κ2) is 6.45. The normalized spacial score (nSPS) is 13.1. The lowest BCUT2D eigenvalue weighted by Gasteiger charge is -2.20. The van der Waals surface area contributed by atoms with Crippen LogP contribution in [0.15, 0.2) is 44.2 Å². The first-order valence-corrected chi connectivity index (χ1v) is 10.1. The Morgan fingerprint density at radius 1 is 1.00 bits per heavy atom. The molecule has 0 amide bonds. The van der Waals surface area contributed by atoms with Gasteiger partial charge in [0.15, 0.2) is 9.84 Å².